The topological polar surface area (TPSA) is 39.4 Å². The van der Waals surface area contributed by atoms with Gasteiger partial charge in [-0.25, -0.2) is 0 Å². The van der Waals surface area contributed by atoms with E-state index in [-0.39, 0.29) is 5.78 Å². The van der Waals surface area contributed by atoms with Crippen LogP contribution in [0.1, 0.15) is 17.5 Å². The minimum Gasteiger partial charge on any atom is -0.497 e. The van der Waals surface area contributed by atoms with E-state index >= 15 is 0 Å². The normalized spacial score (nSPS) is 10.3. The summed E-state index contributed by atoms with van der Waals surface area (Å²) in [7, 11) is 1.64. The maximum absolute atomic E-state index is 11.7. The lowest BCUT2D eigenvalue weighted by molar-refractivity contribution is -0.118. The van der Waals surface area contributed by atoms with Crippen LogP contribution in [0.15, 0.2) is 47.3 Å². The molecule has 0 saturated carbocycles. The second-order valence-corrected chi connectivity index (χ2v) is 4.20. The van der Waals surface area contributed by atoms with Crippen LogP contribution in [0.5, 0.6) is 5.75 Å². The Bertz CT molecular complexity index is 483. The van der Waals surface area contributed by atoms with Crippen molar-refractivity contribution < 1.29 is 13.9 Å². The molecule has 94 valence electrons. The summed E-state index contributed by atoms with van der Waals surface area (Å²) >= 11 is 0. The van der Waals surface area contributed by atoms with Crippen molar-refractivity contribution in [1.29, 1.82) is 0 Å². The molecule has 0 saturated heterocycles. The van der Waals surface area contributed by atoms with Crippen LogP contribution in [-0.2, 0) is 17.6 Å². The predicted octanol–water partition coefficient (Wildman–Crippen LogP) is 3.03. The zero-order valence-corrected chi connectivity index (χ0v) is 10.4. The predicted molar refractivity (Wildman–Crippen MR) is 68.7 cm³/mol. The van der Waals surface area contributed by atoms with Crippen LogP contribution in [-0.4, -0.2) is 12.9 Å². The first-order chi connectivity index (χ1) is 8.78. The highest BCUT2D eigenvalue weighted by molar-refractivity contribution is 5.80. The van der Waals surface area contributed by atoms with Crippen molar-refractivity contribution >= 4 is 5.78 Å². The van der Waals surface area contributed by atoms with Crippen molar-refractivity contribution in [1.82, 2.24) is 0 Å². The molecule has 0 aliphatic carbocycles. The van der Waals surface area contributed by atoms with Gasteiger partial charge < -0.3 is 9.15 Å². The fourth-order valence-corrected chi connectivity index (χ4v) is 1.79. The van der Waals surface area contributed by atoms with E-state index in [1.165, 1.54) is 0 Å². The molecule has 2 aromatic rings. The zero-order valence-electron chi connectivity index (χ0n) is 10.4. The molecule has 18 heavy (non-hydrogen) atoms. The first kappa shape index (κ1) is 12.4. The number of carbonyl (C=O) groups excluding carboxylic acids is 1. The molecule has 1 aromatic heterocycles. The summed E-state index contributed by atoms with van der Waals surface area (Å²) < 4.78 is 10.0. The van der Waals surface area contributed by atoms with E-state index < -0.39 is 0 Å². The SMILES string of the molecule is COc1ccc(CCC(=O)Cc2ccoc2)cc1. The third-order valence-corrected chi connectivity index (χ3v) is 2.83. The largest absolute Gasteiger partial charge is 0.497 e. The van der Waals surface area contributed by atoms with Gasteiger partial charge in [0, 0.05) is 12.8 Å². The minimum absolute atomic E-state index is 0.229. The summed E-state index contributed by atoms with van der Waals surface area (Å²) in [6, 6.07) is 9.63. The van der Waals surface area contributed by atoms with Gasteiger partial charge in [-0.15, -0.1) is 0 Å². The molecule has 3 nitrogen and oxygen atoms in total. The van der Waals surface area contributed by atoms with E-state index in [0.717, 1.165) is 23.3 Å². The number of hydrogen-bond acceptors (Lipinski definition) is 3. The van der Waals surface area contributed by atoms with Crippen molar-refractivity contribution in [3.63, 3.8) is 0 Å². The van der Waals surface area contributed by atoms with E-state index in [1.807, 2.05) is 30.3 Å². The number of methoxy groups -OCH3 is 1. The monoisotopic (exact) mass is 244 g/mol. The van der Waals surface area contributed by atoms with E-state index in [2.05, 4.69) is 0 Å². The number of rotatable bonds is 6. The molecule has 1 heterocycles. The molecule has 0 aliphatic rings. The number of ketones is 1. The van der Waals surface area contributed by atoms with Gasteiger partial charge >= 0.3 is 0 Å². The van der Waals surface area contributed by atoms with Crippen molar-refractivity contribution in [2.24, 2.45) is 0 Å². The number of benzene rings is 1. The van der Waals surface area contributed by atoms with Gasteiger partial charge in [-0.3, -0.25) is 4.79 Å². The Morgan fingerprint density at radius 2 is 1.94 bits per heavy atom. The minimum atomic E-state index is 0.229. The Hall–Kier alpha value is -2.03. The molecular formula is C15H16O3. The zero-order chi connectivity index (χ0) is 12.8. The number of ether oxygens (including phenoxy) is 1. The van der Waals surface area contributed by atoms with Crippen molar-refractivity contribution in [2.45, 2.75) is 19.3 Å². The third kappa shape index (κ3) is 3.48. The van der Waals surface area contributed by atoms with E-state index in [1.54, 1.807) is 19.6 Å². The molecule has 0 spiro atoms. The lowest BCUT2D eigenvalue weighted by Gasteiger charge is -2.03. The summed E-state index contributed by atoms with van der Waals surface area (Å²) in [5.41, 5.74) is 2.09. The molecule has 0 N–H and O–H groups in total. The first-order valence-electron chi connectivity index (χ1n) is 5.93. The summed E-state index contributed by atoms with van der Waals surface area (Å²) in [6.45, 7) is 0. The molecule has 0 radical (unpaired) electrons. The highest BCUT2D eigenvalue weighted by Gasteiger charge is 2.05. The first-order valence-corrected chi connectivity index (χ1v) is 5.93. The lowest BCUT2D eigenvalue weighted by atomic mass is 10.0. The second kappa shape index (κ2) is 6.05. The maximum Gasteiger partial charge on any atom is 0.137 e. The van der Waals surface area contributed by atoms with Gasteiger partial charge in [0.05, 0.1) is 19.6 Å². The Balaban J connectivity index is 1.81. The molecule has 0 bridgehead atoms. The summed E-state index contributed by atoms with van der Waals surface area (Å²) in [5, 5.41) is 0. The maximum atomic E-state index is 11.7. The average Bonchev–Trinajstić information content (AvgIpc) is 2.90. The van der Waals surface area contributed by atoms with Gasteiger partial charge in [0.15, 0.2) is 0 Å². The molecule has 0 unspecified atom stereocenters. The molecule has 0 atom stereocenters. The second-order valence-electron chi connectivity index (χ2n) is 4.20. The average molecular weight is 244 g/mol. The smallest absolute Gasteiger partial charge is 0.137 e. The molecule has 1 aromatic carbocycles. The van der Waals surface area contributed by atoms with Crippen molar-refractivity contribution in [2.75, 3.05) is 7.11 Å². The Morgan fingerprint density at radius 1 is 1.17 bits per heavy atom. The molecule has 0 fully saturated rings. The Morgan fingerprint density at radius 3 is 2.56 bits per heavy atom. The molecular weight excluding hydrogens is 228 g/mol. The number of furan rings is 1. The van der Waals surface area contributed by atoms with Crippen molar-refractivity contribution in [3.8, 4) is 5.75 Å². The van der Waals surface area contributed by atoms with Gasteiger partial charge in [-0.1, -0.05) is 12.1 Å². The van der Waals surface area contributed by atoms with Crippen molar-refractivity contribution in [3.05, 3.63) is 54.0 Å². The van der Waals surface area contributed by atoms with Crippen LogP contribution in [0.2, 0.25) is 0 Å². The summed E-state index contributed by atoms with van der Waals surface area (Å²) in [6.07, 6.45) is 4.97. The number of hydrogen-bond donors (Lipinski definition) is 0. The van der Waals surface area contributed by atoms with E-state index in [0.29, 0.717) is 12.8 Å². The molecule has 0 amide bonds. The standard InChI is InChI=1S/C15H16O3/c1-17-15-6-3-12(4-7-15)2-5-14(16)10-13-8-9-18-11-13/h3-4,6-9,11H,2,5,10H2,1H3. The third-order valence-electron chi connectivity index (χ3n) is 2.83. The van der Waals surface area contributed by atoms with Gasteiger partial charge in [0.2, 0.25) is 0 Å². The molecule has 0 aliphatic heterocycles. The fraction of sp³-hybridized carbons (Fsp3) is 0.267. The van der Waals surface area contributed by atoms with Crippen LogP contribution >= 0.6 is 0 Å². The van der Waals surface area contributed by atoms with Crippen LogP contribution in [0.3, 0.4) is 0 Å². The van der Waals surface area contributed by atoms with Gasteiger partial charge in [0.25, 0.3) is 0 Å². The number of carbonyl (C=O) groups is 1. The summed E-state index contributed by atoms with van der Waals surface area (Å²) in [5.74, 6) is 1.07. The number of Topliss-reactive ketones (excluding diaryl/α,β-unsaturated/α-hetero) is 1. The van der Waals surface area contributed by atoms with Gasteiger partial charge in [-0.05, 0) is 35.7 Å². The highest BCUT2D eigenvalue weighted by atomic mass is 16.5. The number of aryl methyl sites for hydroxylation is 1. The van der Waals surface area contributed by atoms with Crippen LogP contribution < -0.4 is 4.74 Å². The van der Waals surface area contributed by atoms with Gasteiger partial charge in [-0.2, -0.15) is 0 Å². The Labute approximate surface area is 106 Å². The van der Waals surface area contributed by atoms with Crippen LogP contribution in [0, 0.1) is 0 Å². The van der Waals surface area contributed by atoms with E-state index in [4.69, 9.17) is 9.15 Å². The van der Waals surface area contributed by atoms with Gasteiger partial charge in [0.1, 0.15) is 11.5 Å². The molecule has 3 heteroatoms. The summed E-state index contributed by atoms with van der Waals surface area (Å²) in [4.78, 5) is 11.7. The molecule has 2 rings (SSSR count). The van der Waals surface area contributed by atoms with Crippen LogP contribution in [0.4, 0.5) is 0 Å². The quantitative estimate of drug-likeness (QED) is 0.784. The van der Waals surface area contributed by atoms with Crippen LogP contribution in [0.25, 0.3) is 0 Å². The Kier molecular flexibility index (Phi) is 4.18. The highest BCUT2D eigenvalue weighted by Crippen LogP contribution is 2.13. The fourth-order valence-electron chi connectivity index (χ4n) is 1.79. The lowest BCUT2D eigenvalue weighted by Crippen LogP contribution is -2.03. The van der Waals surface area contributed by atoms with E-state index in [9.17, 15) is 4.79 Å².